The molecule has 1 aromatic rings. The lowest BCUT2D eigenvalue weighted by molar-refractivity contribution is 0.408. The minimum Gasteiger partial charge on any atom is -0.355 e. The fourth-order valence-corrected chi connectivity index (χ4v) is 2.27. The quantitative estimate of drug-likeness (QED) is 0.790. The van der Waals surface area contributed by atoms with Gasteiger partial charge in [0.25, 0.3) is 0 Å². The summed E-state index contributed by atoms with van der Waals surface area (Å²) < 4.78 is 0. The Morgan fingerprint density at radius 1 is 1.20 bits per heavy atom. The van der Waals surface area contributed by atoms with Gasteiger partial charge in [0.2, 0.25) is 0 Å². The second kappa shape index (κ2) is 8.22. The molecule has 1 unspecified atom stereocenters. The predicted molar refractivity (Wildman–Crippen MR) is 87.2 cm³/mol. The lowest BCUT2D eigenvalue weighted by Gasteiger charge is -2.29. The van der Waals surface area contributed by atoms with Crippen molar-refractivity contribution in [1.82, 2.24) is 9.88 Å². The molecule has 0 aliphatic carbocycles. The van der Waals surface area contributed by atoms with Gasteiger partial charge in [-0.1, -0.05) is 19.9 Å². The summed E-state index contributed by atoms with van der Waals surface area (Å²) in [5.74, 6) is 1.71. The van der Waals surface area contributed by atoms with E-state index in [0.29, 0.717) is 5.92 Å². The molecule has 0 aromatic carbocycles. The molecule has 0 aliphatic rings. The van der Waals surface area contributed by atoms with Crippen LogP contribution in [0.25, 0.3) is 0 Å². The van der Waals surface area contributed by atoms with Crippen LogP contribution in [0.15, 0.2) is 18.3 Å². The van der Waals surface area contributed by atoms with Gasteiger partial charge in [0.05, 0.1) is 0 Å². The van der Waals surface area contributed by atoms with Gasteiger partial charge in [0.1, 0.15) is 5.82 Å². The Hall–Kier alpha value is -1.13. The first-order chi connectivity index (χ1) is 9.40. The molecule has 4 heteroatoms. The van der Waals surface area contributed by atoms with Crippen molar-refractivity contribution in [3.63, 3.8) is 0 Å². The molecule has 0 fully saturated rings. The van der Waals surface area contributed by atoms with E-state index in [0.717, 1.165) is 31.9 Å². The average Bonchev–Trinajstić information content (AvgIpc) is 2.34. The van der Waals surface area contributed by atoms with Crippen molar-refractivity contribution < 1.29 is 0 Å². The Morgan fingerprint density at radius 2 is 1.90 bits per heavy atom. The van der Waals surface area contributed by atoms with Gasteiger partial charge in [-0.15, -0.1) is 0 Å². The highest BCUT2D eigenvalue weighted by Crippen LogP contribution is 2.19. The van der Waals surface area contributed by atoms with Crippen LogP contribution in [-0.2, 0) is 6.42 Å². The first-order valence-corrected chi connectivity index (χ1v) is 7.49. The largest absolute Gasteiger partial charge is 0.355 e. The second-order valence-corrected chi connectivity index (χ2v) is 6.31. The Bertz CT molecular complexity index is 388. The first-order valence-electron chi connectivity index (χ1n) is 7.49. The van der Waals surface area contributed by atoms with E-state index in [4.69, 9.17) is 5.73 Å². The number of pyridine rings is 1. The van der Waals surface area contributed by atoms with Crippen LogP contribution >= 0.6 is 0 Å². The maximum absolute atomic E-state index is 5.96. The van der Waals surface area contributed by atoms with Gasteiger partial charge in [-0.05, 0) is 45.0 Å². The van der Waals surface area contributed by atoms with Gasteiger partial charge in [0, 0.05) is 31.9 Å². The minimum atomic E-state index is 0.160. The predicted octanol–water partition coefficient (Wildman–Crippen LogP) is 2.00. The third kappa shape index (κ3) is 5.88. The molecule has 114 valence electrons. The van der Waals surface area contributed by atoms with E-state index < -0.39 is 0 Å². The molecule has 20 heavy (non-hydrogen) atoms. The summed E-state index contributed by atoms with van der Waals surface area (Å²) in [4.78, 5) is 9.22. The van der Waals surface area contributed by atoms with E-state index in [-0.39, 0.29) is 6.04 Å². The Balaban J connectivity index is 2.93. The van der Waals surface area contributed by atoms with Crippen molar-refractivity contribution >= 4 is 5.82 Å². The van der Waals surface area contributed by atoms with Crippen molar-refractivity contribution in [2.75, 3.05) is 38.6 Å². The van der Waals surface area contributed by atoms with Crippen molar-refractivity contribution in [1.29, 1.82) is 0 Å². The Kier molecular flexibility index (Phi) is 6.96. The van der Waals surface area contributed by atoms with Crippen LogP contribution < -0.4 is 10.6 Å². The summed E-state index contributed by atoms with van der Waals surface area (Å²) in [6, 6.07) is 4.31. The first kappa shape index (κ1) is 16.9. The molecule has 1 atom stereocenters. The molecule has 1 aromatic heterocycles. The number of nitrogens with two attached hydrogens (primary N) is 1. The van der Waals surface area contributed by atoms with E-state index in [2.05, 4.69) is 48.8 Å². The molecule has 0 saturated heterocycles. The molecular weight excluding hydrogens is 248 g/mol. The van der Waals surface area contributed by atoms with Gasteiger partial charge >= 0.3 is 0 Å². The highest BCUT2D eigenvalue weighted by molar-refractivity contribution is 5.47. The number of nitrogens with zero attached hydrogens (tertiary/aromatic N) is 3. The molecule has 1 rings (SSSR count). The molecule has 4 nitrogen and oxygen atoms in total. The molecule has 0 amide bonds. The zero-order valence-electron chi connectivity index (χ0n) is 13.6. The van der Waals surface area contributed by atoms with Crippen molar-refractivity contribution in [3.05, 3.63) is 23.9 Å². The van der Waals surface area contributed by atoms with Crippen LogP contribution in [0, 0.1) is 5.92 Å². The summed E-state index contributed by atoms with van der Waals surface area (Å²) in [7, 11) is 4.21. The number of anilines is 1. The van der Waals surface area contributed by atoms with Crippen molar-refractivity contribution in [3.8, 4) is 0 Å². The van der Waals surface area contributed by atoms with E-state index in [1.165, 1.54) is 5.56 Å². The molecule has 0 aliphatic heterocycles. The molecular formula is C16H30N4. The molecule has 0 radical (unpaired) electrons. The minimum absolute atomic E-state index is 0.160. The number of rotatable bonds is 8. The number of likely N-dealkylation sites (N-methyl/N-ethyl adjacent to an activating group) is 1. The Morgan fingerprint density at radius 3 is 2.45 bits per heavy atom. The maximum atomic E-state index is 5.96. The summed E-state index contributed by atoms with van der Waals surface area (Å²) >= 11 is 0. The van der Waals surface area contributed by atoms with Crippen LogP contribution in [0.4, 0.5) is 5.82 Å². The summed E-state index contributed by atoms with van der Waals surface area (Å²) in [5.41, 5.74) is 7.21. The summed E-state index contributed by atoms with van der Waals surface area (Å²) in [5, 5.41) is 0. The summed E-state index contributed by atoms with van der Waals surface area (Å²) in [6.07, 6.45) is 2.75. The van der Waals surface area contributed by atoms with Crippen LogP contribution in [0.2, 0.25) is 0 Å². The lowest BCUT2D eigenvalue weighted by atomic mass is 10.1. The maximum Gasteiger partial charge on any atom is 0.131 e. The van der Waals surface area contributed by atoms with Crippen LogP contribution in [-0.4, -0.2) is 49.7 Å². The highest BCUT2D eigenvalue weighted by atomic mass is 15.2. The fraction of sp³-hybridized carbons (Fsp3) is 0.688. The van der Waals surface area contributed by atoms with Crippen LogP contribution in [0.3, 0.4) is 0 Å². The zero-order valence-corrected chi connectivity index (χ0v) is 13.6. The van der Waals surface area contributed by atoms with Gasteiger partial charge in [0.15, 0.2) is 0 Å². The van der Waals surface area contributed by atoms with Crippen LogP contribution in [0.1, 0.15) is 26.3 Å². The van der Waals surface area contributed by atoms with E-state index in [1.807, 2.05) is 19.2 Å². The smallest absolute Gasteiger partial charge is 0.131 e. The lowest BCUT2D eigenvalue weighted by Crippen LogP contribution is -2.36. The van der Waals surface area contributed by atoms with Crippen molar-refractivity contribution in [2.45, 2.75) is 33.2 Å². The Labute approximate surface area is 124 Å². The average molecular weight is 278 g/mol. The topological polar surface area (TPSA) is 45.4 Å². The molecule has 0 bridgehead atoms. The number of hydrogen-bond donors (Lipinski definition) is 1. The second-order valence-electron chi connectivity index (χ2n) is 6.31. The molecule has 1 heterocycles. The van der Waals surface area contributed by atoms with E-state index >= 15 is 0 Å². The molecule has 0 spiro atoms. The third-order valence-electron chi connectivity index (χ3n) is 3.11. The monoisotopic (exact) mass is 278 g/mol. The third-order valence-corrected chi connectivity index (χ3v) is 3.11. The SMILES string of the molecule is CC(C)CN(CCN(C)C)c1ncccc1CC(C)N. The van der Waals surface area contributed by atoms with E-state index in [1.54, 1.807) is 0 Å². The van der Waals surface area contributed by atoms with Crippen LogP contribution in [0.5, 0.6) is 0 Å². The number of hydrogen-bond acceptors (Lipinski definition) is 4. The normalized spacial score (nSPS) is 13.0. The van der Waals surface area contributed by atoms with Gasteiger partial charge < -0.3 is 15.5 Å². The van der Waals surface area contributed by atoms with Crippen molar-refractivity contribution in [2.24, 2.45) is 11.7 Å². The standard InChI is InChI=1S/C16H30N4/c1-13(2)12-20(10-9-19(4)5)16-15(11-14(3)17)7-6-8-18-16/h6-8,13-14H,9-12,17H2,1-5H3. The van der Waals surface area contributed by atoms with Gasteiger partial charge in [-0.2, -0.15) is 0 Å². The van der Waals surface area contributed by atoms with Gasteiger partial charge in [-0.25, -0.2) is 4.98 Å². The van der Waals surface area contributed by atoms with E-state index in [9.17, 15) is 0 Å². The zero-order chi connectivity index (χ0) is 15.1. The summed E-state index contributed by atoms with van der Waals surface area (Å²) in [6.45, 7) is 9.59. The highest BCUT2D eigenvalue weighted by Gasteiger charge is 2.15. The van der Waals surface area contributed by atoms with Gasteiger partial charge in [-0.3, -0.25) is 0 Å². The number of aromatic nitrogens is 1. The fourth-order valence-electron chi connectivity index (χ4n) is 2.27. The molecule has 2 N–H and O–H groups in total. The molecule has 0 saturated carbocycles.